The van der Waals surface area contributed by atoms with Crippen LogP contribution in [0.25, 0.3) is 0 Å². The fraction of sp³-hybridized carbons (Fsp3) is 0.278. The van der Waals surface area contributed by atoms with E-state index in [9.17, 15) is 22.0 Å². The Morgan fingerprint density at radius 2 is 1.69 bits per heavy atom. The SMILES string of the molecule is Cc1cc(C)cc(N2CC[C@@H](NS(=O)(=O)c3ccc(F)c(F)c3)C2=O)c1. The molecule has 3 rings (SSSR count). The molecule has 0 aliphatic carbocycles. The van der Waals surface area contributed by atoms with Crippen LogP contribution >= 0.6 is 0 Å². The molecule has 1 aliphatic rings. The fourth-order valence-electron chi connectivity index (χ4n) is 3.05. The summed E-state index contributed by atoms with van der Waals surface area (Å²) in [4.78, 5) is 13.7. The van der Waals surface area contributed by atoms with Crippen molar-refractivity contribution >= 4 is 21.6 Å². The standard InChI is InChI=1S/C18H18F2N2O3S/c1-11-7-12(2)9-13(8-11)22-6-5-17(18(22)23)21-26(24,25)14-3-4-15(19)16(20)10-14/h3-4,7-10,17,21H,5-6H2,1-2H3/t17-/m1/s1. The van der Waals surface area contributed by atoms with E-state index < -0.39 is 32.6 Å². The van der Waals surface area contributed by atoms with E-state index in [-0.39, 0.29) is 12.3 Å². The highest BCUT2D eigenvalue weighted by Crippen LogP contribution is 2.25. The first-order chi connectivity index (χ1) is 12.2. The van der Waals surface area contributed by atoms with Crippen LogP contribution in [0.5, 0.6) is 0 Å². The average Bonchev–Trinajstić information content (AvgIpc) is 2.89. The zero-order chi connectivity index (χ0) is 19.1. The van der Waals surface area contributed by atoms with Gasteiger partial charge in [0.05, 0.1) is 4.90 Å². The molecule has 0 bridgehead atoms. The van der Waals surface area contributed by atoms with E-state index in [1.54, 1.807) is 0 Å². The normalized spacial score (nSPS) is 17.8. The fourth-order valence-corrected chi connectivity index (χ4v) is 4.29. The number of nitrogens with one attached hydrogen (secondary N) is 1. The number of hydrogen-bond acceptors (Lipinski definition) is 3. The Morgan fingerprint density at radius 3 is 2.31 bits per heavy atom. The first kappa shape index (κ1) is 18.5. The van der Waals surface area contributed by atoms with Crippen molar-refractivity contribution in [3.8, 4) is 0 Å². The number of anilines is 1. The smallest absolute Gasteiger partial charge is 0.245 e. The minimum Gasteiger partial charge on any atom is -0.311 e. The Kier molecular flexibility index (Phi) is 4.81. The van der Waals surface area contributed by atoms with Gasteiger partial charge in [0.2, 0.25) is 15.9 Å². The quantitative estimate of drug-likeness (QED) is 0.887. The summed E-state index contributed by atoms with van der Waals surface area (Å²) in [5.41, 5.74) is 2.71. The maximum Gasteiger partial charge on any atom is 0.245 e. The van der Waals surface area contributed by atoms with Crippen LogP contribution in [-0.4, -0.2) is 26.9 Å². The van der Waals surface area contributed by atoms with Gasteiger partial charge in [-0.05, 0) is 61.7 Å². The number of nitrogens with zero attached hydrogens (tertiary/aromatic N) is 1. The summed E-state index contributed by atoms with van der Waals surface area (Å²) in [6, 6.07) is 7.04. The van der Waals surface area contributed by atoms with Gasteiger partial charge in [0, 0.05) is 12.2 Å². The molecular formula is C18H18F2N2O3S. The van der Waals surface area contributed by atoms with Crippen LogP contribution < -0.4 is 9.62 Å². The maximum absolute atomic E-state index is 13.3. The maximum atomic E-state index is 13.3. The van der Waals surface area contributed by atoms with E-state index in [0.717, 1.165) is 23.3 Å². The van der Waals surface area contributed by atoms with Crippen LogP contribution in [0.3, 0.4) is 0 Å². The Hall–Kier alpha value is -2.32. The minimum absolute atomic E-state index is 0.286. The summed E-state index contributed by atoms with van der Waals surface area (Å²) >= 11 is 0. The van der Waals surface area contributed by atoms with E-state index >= 15 is 0 Å². The monoisotopic (exact) mass is 380 g/mol. The van der Waals surface area contributed by atoms with Gasteiger partial charge < -0.3 is 4.90 Å². The van der Waals surface area contributed by atoms with Crippen LogP contribution in [-0.2, 0) is 14.8 Å². The van der Waals surface area contributed by atoms with Gasteiger partial charge in [0.1, 0.15) is 6.04 Å². The number of halogens is 2. The highest BCUT2D eigenvalue weighted by molar-refractivity contribution is 7.89. The second-order valence-electron chi connectivity index (χ2n) is 6.37. The van der Waals surface area contributed by atoms with Crippen molar-refractivity contribution < 1.29 is 22.0 Å². The largest absolute Gasteiger partial charge is 0.311 e. The Bertz CT molecular complexity index is 956. The first-order valence-electron chi connectivity index (χ1n) is 8.04. The number of carbonyl (C=O) groups excluding carboxylic acids is 1. The second kappa shape index (κ2) is 6.77. The number of sulfonamides is 1. The van der Waals surface area contributed by atoms with Gasteiger partial charge in [0.25, 0.3) is 0 Å². The first-order valence-corrected chi connectivity index (χ1v) is 9.53. The zero-order valence-corrected chi connectivity index (χ0v) is 15.1. The second-order valence-corrected chi connectivity index (χ2v) is 8.09. The number of hydrogen-bond donors (Lipinski definition) is 1. The van der Waals surface area contributed by atoms with Gasteiger partial charge in [-0.15, -0.1) is 0 Å². The minimum atomic E-state index is -4.14. The van der Waals surface area contributed by atoms with Crippen LogP contribution in [0.4, 0.5) is 14.5 Å². The Morgan fingerprint density at radius 1 is 1.04 bits per heavy atom. The number of aryl methyl sites for hydroxylation is 2. The number of benzene rings is 2. The van der Waals surface area contributed by atoms with E-state index in [2.05, 4.69) is 4.72 Å². The molecule has 1 amide bonds. The molecule has 1 saturated heterocycles. The summed E-state index contributed by atoms with van der Waals surface area (Å²) in [5.74, 6) is -2.77. The molecule has 1 heterocycles. The molecule has 5 nitrogen and oxygen atoms in total. The Balaban J connectivity index is 1.81. The van der Waals surface area contributed by atoms with E-state index in [4.69, 9.17) is 0 Å². The van der Waals surface area contributed by atoms with E-state index in [0.29, 0.717) is 18.3 Å². The van der Waals surface area contributed by atoms with E-state index in [1.165, 1.54) is 4.90 Å². The van der Waals surface area contributed by atoms with Gasteiger partial charge in [-0.25, -0.2) is 17.2 Å². The average molecular weight is 380 g/mol. The molecule has 0 unspecified atom stereocenters. The van der Waals surface area contributed by atoms with Crippen molar-refractivity contribution in [2.75, 3.05) is 11.4 Å². The summed E-state index contributed by atoms with van der Waals surface area (Å²) in [6.07, 6.45) is 0.286. The predicted molar refractivity (Wildman–Crippen MR) is 93.4 cm³/mol. The van der Waals surface area contributed by atoms with Crippen molar-refractivity contribution in [3.05, 3.63) is 59.2 Å². The Labute approximate surface area is 150 Å². The van der Waals surface area contributed by atoms with Crippen molar-refractivity contribution in [2.45, 2.75) is 31.2 Å². The third-order valence-electron chi connectivity index (χ3n) is 4.22. The molecule has 0 radical (unpaired) electrons. The zero-order valence-electron chi connectivity index (χ0n) is 14.3. The lowest BCUT2D eigenvalue weighted by Crippen LogP contribution is -2.41. The van der Waals surface area contributed by atoms with Crippen molar-refractivity contribution in [3.63, 3.8) is 0 Å². The molecule has 0 aromatic heterocycles. The molecule has 0 spiro atoms. The number of rotatable bonds is 4. The van der Waals surface area contributed by atoms with Crippen LogP contribution in [0.1, 0.15) is 17.5 Å². The van der Waals surface area contributed by atoms with Crippen molar-refractivity contribution in [1.29, 1.82) is 0 Å². The van der Waals surface area contributed by atoms with Crippen molar-refractivity contribution in [1.82, 2.24) is 4.72 Å². The summed E-state index contributed by atoms with van der Waals surface area (Å²) in [6.45, 7) is 4.20. The van der Waals surface area contributed by atoms with Gasteiger partial charge in [0.15, 0.2) is 11.6 Å². The molecule has 1 atom stereocenters. The van der Waals surface area contributed by atoms with Crippen LogP contribution in [0.15, 0.2) is 41.3 Å². The number of carbonyl (C=O) groups is 1. The van der Waals surface area contributed by atoms with Gasteiger partial charge in [-0.3, -0.25) is 4.79 Å². The summed E-state index contributed by atoms with van der Waals surface area (Å²) in [7, 11) is -4.14. The molecule has 26 heavy (non-hydrogen) atoms. The predicted octanol–water partition coefficient (Wildman–Crippen LogP) is 2.67. The molecule has 1 aliphatic heterocycles. The lowest BCUT2D eigenvalue weighted by atomic mass is 10.1. The molecule has 138 valence electrons. The lowest BCUT2D eigenvalue weighted by molar-refractivity contribution is -0.118. The number of amides is 1. The third kappa shape index (κ3) is 3.61. The van der Waals surface area contributed by atoms with Gasteiger partial charge >= 0.3 is 0 Å². The third-order valence-corrected chi connectivity index (χ3v) is 5.69. The summed E-state index contributed by atoms with van der Waals surface area (Å²) < 4.78 is 53.4. The highest BCUT2D eigenvalue weighted by atomic mass is 32.2. The molecular weight excluding hydrogens is 362 g/mol. The molecule has 2 aromatic rings. The van der Waals surface area contributed by atoms with Gasteiger partial charge in [-0.2, -0.15) is 4.72 Å². The van der Waals surface area contributed by atoms with Crippen molar-refractivity contribution in [2.24, 2.45) is 0 Å². The molecule has 2 aromatic carbocycles. The summed E-state index contributed by atoms with van der Waals surface area (Å²) in [5, 5.41) is 0. The molecule has 0 saturated carbocycles. The topological polar surface area (TPSA) is 66.5 Å². The van der Waals surface area contributed by atoms with Crippen LogP contribution in [0, 0.1) is 25.5 Å². The van der Waals surface area contributed by atoms with Gasteiger partial charge in [-0.1, -0.05) is 6.07 Å². The lowest BCUT2D eigenvalue weighted by Gasteiger charge is -2.18. The van der Waals surface area contributed by atoms with Crippen LogP contribution in [0.2, 0.25) is 0 Å². The molecule has 1 fully saturated rings. The highest BCUT2D eigenvalue weighted by Gasteiger charge is 2.36. The van der Waals surface area contributed by atoms with E-state index in [1.807, 2.05) is 32.0 Å². The molecule has 8 heteroatoms. The molecule has 1 N–H and O–H groups in total.